The van der Waals surface area contributed by atoms with Gasteiger partial charge in [-0.25, -0.2) is 4.39 Å². The minimum absolute atomic E-state index is 0.187. The quantitative estimate of drug-likeness (QED) is 0.837. The van der Waals surface area contributed by atoms with E-state index in [0.29, 0.717) is 30.0 Å². The molecule has 19 heavy (non-hydrogen) atoms. The van der Waals surface area contributed by atoms with Crippen molar-refractivity contribution < 1.29 is 9.18 Å². The molecule has 0 atom stereocenters. The van der Waals surface area contributed by atoms with E-state index in [1.165, 1.54) is 12.1 Å². The summed E-state index contributed by atoms with van der Waals surface area (Å²) in [5.74, 6) is -0.0637. The van der Waals surface area contributed by atoms with Gasteiger partial charge in [0.1, 0.15) is 5.82 Å². The second-order valence-corrected chi connectivity index (χ2v) is 5.81. The Morgan fingerprint density at radius 3 is 2.63 bits per heavy atom. The molecule has 0 heterocycles. The highest BCUT2D eigenvalue weighted by atomic mass is 32.1. The first-order valence-electron chi connectivity index (χ1n) is 6.22. The standard InChI is InChI=1S/C14H17FN2OS/c1-8-6-14(7-8,12(16)19)13(18)17-11-4-3-10(15)5-9(11)2/h3-5,8H,6-7H2,1-2H3,(H2,16,19)(H,17,18). The molecule has 0 aliphatic heterocycles. The van der Waals surface area contributed by atoms with Crippen LogP contribution in [0, 0.1) is 24.1 Å². The third kappa shape index (κ3) is 2.47. The fourth-order valence-electron chi connectivity index (χ4n) is 2.64. The molecule has 1 aromatic rings. The van der Waals surface area contributed by atoms with Gasteiger partial charge in [0.2, 0.25) is 5.91 Å². The zero-order valence-corrected chi connectivity index (χ0v) is 11.8. The summed E-state index contributed by atoms with van der Waals surface area (Å²) >= 11 is 5.04. The highest BCUT2D eigenvalue weighted by molar-refractivity contribution is 7.80. The van der Waals surface area contributed by atoms with Gasteiger partial charge in [0.15, 0.2) is 0 Å². The Kier molecular flexibility index (Phi) is 3.58. The number of benzene rings is 1. The monoisotopic (exact) mass is 280 g/mol. The van der Waals surface area contributed by atoms with Crippen LogP contribution in [0.25, 0.3) is 0 Å². The zero-order chi connectivity index (χ0) is 14.2. The first-order chi connectivity index (χ1) is 8.85. The Balaban J connectivity index is 2.19. The van der Waals surface area contributed by atoms with Crippen molar-refractivity contribution in [3.63, 3.8) is 0 Å². The largest absolute Gasteiger partial charge is 0.392 e. The van der Waals surface area contributed by atoms with Crippen molar-refractivity contribution in [2.45, 2.75) is 26.7 Å². The fourth-order valence-corrected chi connectivity index (χ4v) is 2.90. The first kappa shape index (κ1) is 13.9. The van der Waals surface area contributed by atoms with Crippen LogP contribution in [0.15, 0.2) is 18.2 Å². The van der Waals surface area contributed by atoms with Crippen LogP contribution in [0.3, 0.4) is 0 Å². The van der Waals surface area contributed by atoms with Gasteiger partial charge in [0.05, 0.1) is 10.4 Å². The van der Waals surface area contributed by atoms with E-state index in [2.05, 4.69) is 12.2 Å². The van der Waals surface area contributed by atoms with Crippen molar-refractivity contribution in [1.29, 1.82) is 0 Å². The summed E-state index contributed by atoms with van der Waals surface area (Å²) in [4.78, 5) is 12.6. The van der Waals surface area contributed by atoms with Crippen LogP contribution in [0.5, 0.6) is 0 Å². The van der Waals surface area contributed by atoms with Crippen LogP contribution in [-0.2, 0) is 4.79 Å². The van der Waals surface area contributed by atoms with E-state index >= 15 is 0 Å². The number of aryl methyl sites for hydroxylation is 1. The molecule has 1 fully saturated rings. The van der Waals surface area contributed by atoms with Gasteiger partial charge in [-0.05, 0) is 49.4 Å². The molecular weight excluding hydrogens is 263 g/mol. The van der Waals surface area contributed by atoms with Crippen LogP contribution in [-0.4, -0.2) is 10.9 Å². The molecule has 0 radical (unpaired) electrons. The van der Waals surface area contributed by atoms with E-state index in [-0.39, 0.29) is 16.7 Å². The van der Waals surface area contributed by atoms with Crippen molar-refractivity contribution in [1.82, 2.24) is 0 Å². The summed E-state index contributed by atoms with van der Waals surface area (Å²) in [5, 5.41) is 2.81. The maximum absolute atomic E-state index is 13.0. The molecule has 0 bridgehead atoms. The topological polar surface area (TPSA) is 55.1 Å². The number of nitrogens with one attached hydrogen (secondary N) is 1. The van der Waals surface area contributed by atoms with E-state index < -0.39 is 5.41 Å². The number of amides is 1. The number of rotatable bonds is 3. The van der Waals surface area contributed by atoms with Crippen LogP contribution >= 0.6 is 12.2 Å². The van der Waals surface area contributed by atoms with Crippen LogP contribution in [0.2, 0.25) is 0 Å². The number of carbonyl (C=O) groups is 1. The summed E-state index contributed by atoms with van der Waals surface area (Å²) < 4.78 is 13.0. The molecule has 1 saturated carbocycles. The molecule has 0 spiro atoms. The van der Waals surface area contributed by atoms with Crippen molar-refractivity contribution in [3.8, 4) is 0 Å². The highest BCUT2D eigenvalue weighted by Crippen LogP contribution is 2.46. The number of hydrogen-bond donors (Lipinski definition) is 2. The summed E-state index contributed by atoms with van der Waals surface area (Å²) in [5.41, 5.74) is 6.26. The van der Waals surface area contributed by atoms with Crippen LogP contribution < -0.4 is 11.1 Å². The summed E-state index contributed by atoms with van der Waals surface area (Å²) in [6.07, 6.45) is 1.35. The average molecular weight is 280 g/mol. The molecule has 1 aromatic carbocycles. The van der Waals surface area contributed by atoms with Crippen molar-refractivity contribution in [2.75, 3.05) is 5.32 Å². The van der Waals surface area contributed by atoms with Gasteiger partial charge in [0.25, 0.3) is 0 Å². The van der Waals surface area contributed by atoms with Crippen molar-refractivity contribution in [2.24, 2.45) is 17.1 Å². The first-order valence-corrected chi connectivity index (χ1v) is 6.63. The molecular formula is C14H17FN2OS. The van der Waals surface area contributed by atoms with Crippen LogP contribution in [0.4, 0.5) is 10.1 Å². The molecule has 3 N–H and O–H groups in total. The molecule has 0 aromatic heterocycles. The zero-order valence-electron chi connectivity index (χ0n) is 11.0. The maximum atomic E-state index is 13.0. The normalized spacial score (nSPS) is 25.5. The number of halogens is 1. The van der Waals surface area contributed by atoms with E-state index in [0.717, 1.165) is 0 Å². The molecule has 2 rings (SSSR count). The number of hydrogen-bond acceptors (Lipinski definition) is 2. The SMILES string of the molecule is Cc1cc(F)ccc1NC(=O)C1(C(N)=S)CC(C)C1. The summed E-state index contributed by atoms with van der Waals surface area (Å²) in [6, 6.07) is 4.25. The van der Waals surface area contributed by atoms with Crippen LogP contribution in [0.1, 0.15) is 25.3 Å². The lowest BCUT2D eigenvalue weighted by Gasteiger charge is -2.44. The van der Waals surface area contributed by atoms with Crippen molar-refractivity contribution >= 4 is 28.8 Å². The minimum Gasteiger partial charge on any atom is -0.392 e. The molecule has 3 nitrogen and oxygen atoms in total. The van der Waals surface area contributed by atoms with Gasteiger partial charge < -0.3 is 11.1 Å². The lowest BCUT2D eigenvalue weighted by atomic mass is 9.62. The smallest absolute Gasteiger partial charge is 0.237 e. The third-order valence-electron chi connectivity index (χ3n) is 3.74. The van der Waals surface area contributed by atoms with Gasteiger partial charge in [-0.15, -0.1) is 0 Å². The van der Waals surface area contributed by atoms with E-state index in [9.17, 15) is 9.18 Å². The molecule has 5 heteroatoms. The second-order valence-electron chi connectivity index (χ2n) is 5.37. The maximum Gasteiger partial charge on any atom is 0.237 e. The second kappa shape index (κ2) is 4.89. The van der Waals surface area contributed by atoms with E-state index in [1.54, 1.807) is 13.0 Å². The highest BCUT2D eigenvalue weighted by Gasteiger charge is 2.50. The lowest BCUT2D eigenvalue weighted by molar-refractivity contribution is -0.127. The predicted octanol–water partition coefficient (Wildman–Crippen LogP) is 2.78. The number of thiocarbonyl (C=S) groups is 1. The van der Waals surface area contributed by atoms with E-state index in [4.69, 9.17) is 18.0 Å². The minimum atomic E-state index is -0.740. The third-order valence-corrected chi connectivity index (χ3v) is 4.13. The Morgan fingerprint density at radius 1 is 1.53 bits per heavy atom. The van der Waals surface area contributed by atoms with Gasteiger partial charge >= 0.3 is 0 Å². The fraction of sp³-hybridized carbons (Fsp3) is 0.429. The molecule has 102 valence electrons. The molecule has 1 aliphatic carbocycles. The molecule has 0 unspecified atom stereocenters. The Bertz CT molecular complexity index is 538. The van der Waals surface area contributed by atoms with Gasteiger partial charge in [0, 0.05) is 5.69 Å². The summed E-state index contributed by atoms with van der Waals surface area (Å²) in [7, 11) is 0. The Morgan fingerprint density at radius 2 is 2.16 bits per heavy atom. The average Bonchev–Trinajstić information content (AvgIpc) is 2.27. The van der Waals surface area contributed by atoms with Gasteiger partial charge in [-0.2, -0.15) is 0 Å². The summed E-state index contributed by atoms with van der Waals surface area (Å²) in [6.45, 7) is 3.81. The predicted molar refractivity (Wildman–Crippen MR) is 77.4 cm³/mol. The Labute approximate surface area is 117 Å². The van der Waals surface area contributed by atoms with Crippen molar-refractivity contribution in [3.05, 3.63) is 29.6 Å². The molecule has 1 amide bonds. The van der Waals surface area contributed by atoms with Gasteiger partial charge in [-0.3, -0.25) is 4.79 Å². The number of carbonyl (C=O) groups excluding carboxylic acids is 1. The van der Waals surface area contributed by atoms with Gasteiger partial charge in [-0.1, -0.05) is 19.1 Å². The number of anilines is 1. The Hall–Kier alpha value is -1.49. The molecule has 1 aliphatic rings. The van der Waals surface area contributed by atoms with E-state index in [1.807, 2.05) is 0 Å². The number of nitrogens with two attached hydrogens (primary N) is 1. The molecule has 0 saturated heterocycles. The lowest BCUT2D eigenvalue weighted by Crippen LogP contribution is -2.53.